The topological polar surface area (TPSA) is 79.6 Å². The van der Waals surface area contributed by atoms with Crippen LogP contribution < -0.4 is 5.56 Å². The van der Waals surface area contributed by atoms with E-state index in [0.717, 1.165) is 40.6 Å². The van der Waals surface area contributed by atoms with Crippen molar-refractivity contribution in [2.45, 2.75) is 25.8 Å². The number of carboxylic acid groups (broad SMARTS) is 1. The average Bonchev–Trinajstić information content (AvgIpc) is 2.69. The van der Waals surface area contributed by atoms with Crippen LogP contribution in [0.15, 0.2) is 41.2 Å². The Labute approximate surface area is 173 Å². The number of pyridine rings is 1. The van der Waals surface area contributed by atoms with Gasteiger partial charge in [-0.25, -0.2) is 0 Å². The Morgan fingerprint density at radius 3 is 2.62 bits per heavy atom. The minimum Gasteiger partial charge on any atom is -0.481 e. The molecule has 1 amide bonds. The molecule has 0 saturated carbocycles. The lowest BCUT2D eigenvalue weighted by molar-refractivity contribution is -0.133. The van der Waals surface area contributed by atoms with Crippen molar-refractivity contribution in [2.75, 3.05) is 24.6 Å². The van der Waals surface area contributed by atoms with Gasteiger partial charge in [0.15, 0.2) is 0 Å². The third-order valence-electron chi connectivity index (χ3n) is 5.84. The molecule has 29 heavy (non-hydrogen) atoms. The van der Waals surface area contributed by atoms with Crippen LogP contribution in [0.25, 0.3) is 11.1 Å². The van der Waals surface area contributed by atoms with Crippen LogP contribution in [0.5, 0.6) is 0 Å². The number of thioether (sulfide) groups is 1. The quantitative estimate of drug-likeness (QED) is 0.817. The number of fused-ring (bicyclic) bond motifs is 4. The molecular weight excluding hydrogens is 388 g/mol. The highest BCUT2D eigenvalue weighted by molar-refractivity contribution is 8.00. The second-order valence-electron chi connectivity index (χ2n) is 7.89. The van der Waals surface area contributed by atoms with Crippen molar-refractivity contribution in [2.24, 2.45) is 5.92 Å². The first-order valence-corrected chi connectivity index (χ1v) is 11.0. The predicted molar refractivity (Wildman–Crippen MR) is 113 cm³/mol. The molecule has 6 nitrogen and oxygen atoms in total. The molecule has 0 aliphatic carbocycles. The summed E-state index contributed by atoms with van der Waals surface area (Å²) < 4.78 is 1.90. The van der Waals surface area contributed by atoms with Crippen LogP contribution in [0.3, 0.4) is 0 Å². The van der Waals surface area contributed by atoms with Gasteiger partial charge in [0.25, 0.3) is 5.56 Å². The molecule has 0 spiro atoms. The molecule has 2 aliphatic rings. The summed E-state index contributed by atoms with van der Waals surface area (Å²) >= 11 is 1.13. The lowest BCUT2D eigenvalue weighted by Gasteiger charge is -2.43. The summed E-state index contributed by atoms with van der Waals surface area (Å²) in [6, 6.07) is 11.9. The van der Waals surface area contributed by atoms with Gasteiger partial charge >= 0.3 is 5.97 Å². The largest absolute Gasteiger partial charge is 0.481 e. The number of carbonyl (C=O) groups is 2. The monoisotopic (exact) mass is 412 g/mol. The van der Waals surface area contributed by atoms with Crippen molar-refractivity contribution in [1.29, 1.82) is 0 Å². The lowest BCUT2D eigenvalue weighted by atomic mass is 9.82. The van der Waals surface area contributed by atoms with E-state index in [1.54, 1.807) is 0 Å². The third-order valence-corrected chi connectivity index (χ3v) is 6.75. The molecule has 152 valence electrons. The third kappa shape index (κ3) is 3.96. The summed E-state index contributed by atoms with van der Waals surface area (Å²) in [7, 11) is 0. The Hall–Kier alpha value is -2.54. The van der Waals surface area contributed by atoms with Gasteiger partial charge in [0.1, 0.15) is 0 Å². The van der Waals surface area contributed by atoms with Crippen LogP contribution in [0.2, 0.25) is 0 Å². The van der Waals surface area contributed by atoms with E-state index in [1.807, 2.05) is 52.8 Å². The highest BCUT2D eigenvalue weighted by atomic mass is 32.2. The van der Waals surface area contributed by atoms with Crippen molar-refractivity contribution < 1.29 is 14.7 Å². The highest BCUT2D eigenvalue weighted by Crippen LogP contribution is 2.36. The number of aliphatic carboxylic acids is 1. The lowest BCUT2D eigenvalue weighted by Crippen LogP contribution is -2.49. The molecule has 1 N–H and O–H groups in total. The van der Waals surface area contributed by atoms with Crippen LogP contribution in [0.4, 0.5) is 0 Å². The standard InChI is InChI=1S/C22H24N2O4S/c1-14-4-2-3-5-17(14)18-6-7-19-16-8-15(10-24(19)22(18)28)9-23(11-16)20(25)12-29-13-21(26)27/h2-7,15-16H,8-13H2,1H3,(H,26,27)/t15-,16-/m1/s1. The minimum atomic E-state index is -0.906. The molecule has 2 aromatic rings. The normalized spacial score (nSPS) is 20.2. The van der Waals surface area contributed by atoms with E-state index in [0.29, 0.717) is 19.6 Å². The van der Waals surface area contributed by atoms with Crippen molar-refractivity contribution in [1.82, 2.24) is 9.47 Å². The molecule has 1 aromatic heterocycles. The van der Waals surface area contributed by atoms with Gasteiger partial charge in [-0.1, -0.05) is 24.3 Å². The first-order valence-electron chi connectivity index (χ1n) is 9.81. The SMILES string of the molecule is Cc1ccccc1-c1ccc2n(c1=O)C[C@@H]1C[C@@H]2CN(C(=O)CSCC(=O)O)C1. The maximum absolute atomic E-state index is 13.2. The van der Waals surface area contributed by atoms with Crippen molar-refractivity contribution >= 4 is 23.6 Å². The van der Waals surface area contributed by atoms with Gasteiger partial charge in [0, 0.05) is 36.8 Å². The first-order chi connectivity index (χ1) is 13.9. The summed E-state index contributed by atoms with van der Waals surface area (Å²) in [6.45, 7) is 3.85. The van der Waals surface area contributed by atoms with E-state index in [2.05, 4.69) is 0 Å². The minimum absolute atomic E-state index is 0.0155. The number of nitrogens with zero attached hydrogens (tertiary/aromatic N) is 2. The highest BCUT2D eigenvalue weighted by Gasteiger charge is 2.36. The fourth-order valence-corrected chi connectivity index (χ4v) is 5.18. The first kappa shape index (κ1) is 19.8. The number of aryl methyl sites for hydroxylation is 1. The van der Waals surface area contributed by atoms with Gasteiger partial charge in [0.05, 0.1) is 11.5 Å². The number of aromatic nitrogens is 1. The summed E-state index contributed by atoms with van der Waals surface area (Å²) in [5.41, 5.74) is 3.82. The molecule has 0 radical (unpaired) electrons. The predicted octanol–water partition coefficient (Wildman–Crippen LogP) is 2.59. The van der Waals surface area contributed by atoms with Gasteiger partial charge in [0.2, 0.25) is 5.91 Å². The van der Waals surface area contributed by atoms with Crippen LogP contribution in [0.1, 0.15) is 23.6 Å². The van der Waals surface area contributed by atoms with Gasteiger partial charge in [-0.2, -0.15) is 0 Å². The second kappa shape index (κ2) is 8.06. The number of benzene rings is 1. The maximum atomic E-state index is 13.2. The number of hydrogen-bond acceptors (Lipinski definition) is 4. The molecule has 2 bridgehead atoms. The Kier molecular flexibility index (Phi) is 5.50. The van der Waals surface area contributed by atoms with Gasteiger partial charge in [-0.3, -0.25) is 14.4 Å². The number of likely N-dealkylation sites (tertiary alicyclic amines) is 1. The zero-order chi connectivity index (χ0) is 20.5. The van der Waals surface area contributed by atoms with Crippen LogP contribution in [-0.4, -0.2) is 51.0 Å². The number of hydrogen-bond donors (Lipinski definition) is 1. The van der Waals surface area contributed by atoms with E-state index in [9.17, 15) is 14.4 Å². The zero-order valence-corrected chi connectivity index (χ0v) is 17.2. The number of rotatable bonds is 5. The summed E-state index contributed by atoms with van der Waals surface area (Å²) in [4.78, 5) is 38.3. The molecular formula is C22H24N2O4S. The Balaban J connectivity index is 1.57. The summed E-state index contributed by atoms with van der Waals surface area (Å²) in [5, 5.41) is 8.75. The van der Waals surface area contributed by atoms with E-state index < -0.39 is 5.97 Å². The number of piperidine rings is 1. The van der Waals surface area contributed by atoms with Crippen LogP contribution in [-0.2, 0) is 16.1 Å². The smallest absolute Gasteiger partial charge is 0.313 e. The van der Waals surface area contributed by atoms with E-state index in [-0.39, 0.29) is 34.8 Å². The molecule has 2 aliphatic heterocycles. The molecule has 4 rings (SSSR count). The fraction of sp³-hybridized carbons (Fsp3) is 0.409. The summed E-state index contributed by atoms with van der Waals surface area (Å²) in [5.74, 6) is -0.403. The molecule has 7 heteroatoms. The van der Waals surface area contributed by atoms with Gasteiger partial charge < -0.3 is 14.6 Å². The Morgan fingerprint density at radius 2 is 1.86 bits per heavy atom. The number of carboxylic acids is 1. The molecule has 1 aromatic carbocycles. The maximum Gasteiger partial charge on any atom is 0.313 e. The molecule has 1 fully saturated rings. The molecule has 1 saturated heterocycles. The Bertz CT molecular complexity index is 1020. The van der Waals surface area contributed by atoms with Crippen LogP contribution >= 0.6 is 11.8 Å². The molecule has 3 heterocycles. The van der Waals surface area contributed by atoms with E-state index in [1.165, 1.54) is 0 Å². The fourth-order valence-electron chi connectivity index (χ4n) is 4.55. The zero-order valence-electron chi connectivity index (χ0n) is 16.3. The van der Waals surface area contributed by atoms with Crippen molar-refractivity contribution in [3.63, 3.8) is 0 Å². The van der Waals surface area contributed by atoms with E-state index in [4.69, 9.17) is 5.11 Å². The van der Waals surface area contributed by atoms with Gasteiger partial charge in [-0.15, -0.1) is 11.8 Å². The average molecular weight is 413 g/mol. The second-order valence-corrected chi connectivity index (χ2v) is 8.87. The van der Waals surface area contributed by atoms with Gasteiger partial charge in [-0.05, 0) is 42.5 Å². The number of amides is 1. The van der Waals surface area contributed by atoms with E-state index >= 15 is 0 Å². The Morgan fingerprint density at radius 1 is 1.07 bits per heavy atom. The van der Waals surface area contributed by atoms with Crippen LogP contribution in [0, 0.1) is 12.8 Å². The summed E-state index contributed by atoms with van der Waals surface area (Å²) in [6.07, 6.45) is 0.981. The van der Waals surface area contributed by atoms with Crippen molar-refractivity contribution in [3.05, 3.63) is 58.0 Å². The number of carbonyl (C=O) groups excluding carboxylic acids is 1. The van der Waals surface area contributed by atoms with Crippen molar-refractivity contribution in [3.8, 4) is 11.1 Å². The molecule has 2 atom stereocenters. The molecule has 0 unspecified atom stereocenters.